The van der Waals surface area contributed by atoms with Crippen molar-refractivity contribution in [2.24, 2.45) is 5.92 Å². The van der Waals surface area contributed by atoms with Gasteiger partial charge in [-0.3, -0.25) is 4.79 Å². The first-order valence-electron chi connectivity index (χ1n) is 6.64. The van der Waals surface area contributed by atoms with Crippen LogP contribution in [-0.4, -0.2) is 36.5 Å². The predicted molar refractivity (Wildman–Crippen MR) is 67.4 cm³/mol. The quantitative estimate of drug-likeness (QED) is 0.778. The van der Waals surface area contributed by atoms with Crippen molar-refractivity contribution in [2.45, 2.75) is 52.5 Å². The maximum atomic E-state index is 11.5. The summed E-state index contributed by atoms with van der Waals surface area (Å²) in [7, 11) is 0. The number of nitrogens with one attached hydrogen (secondary N) is 1. The van der Waals surface area contributed by atoms with Crippen molar-refractivity contribution in [1.29, 1.82) is 0 Å². The molecule has 94 valence electrons. The molecule has 1 rings (SSSR count). The van der Waals surface area contributed by atoms with Gasteiger partial charge < -0.3 is 10.2 Å². The zero-order valence-corrected chi connectivity index (χ0v) is 11.0. The maximum Gasteiger partial charge on any atom is 0.222 e. The number of hydrogen-bond acceptors (Lipinski definition) is 2. The Bertz CT molecular complexity index is 208. The van der Waals surface area contributed by atoms with Crippen LogP contribution in [0.5, 0.6) is 0 Å². The number of carbonyl (C=O) groups is 1. The van der Waals surface area contributed by atoms with Crippen LogP contribution in [0.4, 0.5) is 0 Å². The monoisotopic (exact) mass is 226 g/mol. The van der Waals surface area contributed by atoms with Gasteiger partial charge in [-0.05, 0) is 31.7 Å². The second-order valence-electron chi connectivity index (χ2n) is 5.15. The van der Waals surface area contributed by atoms with E-state index in [2.05, 4.69) is 19.2 Å². The van der Waals surface area contributed by atoms with Gasteiger partial charge in [0.15, 0.2) is 0 Å². The van der Waals surface area contributed by atoms with Crippen molar-refractivity contribution >= 4 is 5.91 Å². The number of hydrogen-bond donors (Lipinski definition) is 1. The van der Waals surface area contributed by atoms with Crippen molar-refractivity contribution < 1.29 is 4.79 Å². The Morgan fingerprint density at radius 3 is 2.50 bits per heavy atom. The lowest BCUT2D eigenvalue weighted by molar-refractivity contribution is -0.131. The fourth-order valence-corrected chi connectivity index (χ4v) is 2.13. The van der Waals surface area contributed by atoms with Gasteiger partial charge in [0, 0.05) is 25.6 Å². The molecule has 1 aliphatic rings. The van der Waals surface area contributed by atoms with Gasteiger partial charge in [0.1, 0.15) is 0 Å². The van der Waals surface area contributed by atoms with E-state index in [4.69, 9.17) is 0 Å². The van der Waals surface area contributed by atoms with Gasteiger partial charge in [-0.15, -0.1) is 0 Å². The molecule has 1 aliphatic heterocycles. The first kappa shape index (κ1) is 13.5. The highest BCUT2D eigenvalue weighted by Gasteiger charge is 2.20. The minimum absolute atomic E-state index is 0.306. The average molecular weight is 226 g/mol. The van der Waals surface area contributed by atoms with E-state index in [0.717, 1.165) is 38.4 Å². The number of amides is 1. The Morgan fingerprint density at radius 2 is 2.00 bits per heavy atom. The molecule has 0 aromatic carbocycles. The molecule has 0 aliphatic carbocycles. The van der Waals surface area contributed by atoms with Crippen LogP contribution < -0.4 is 5.32 Å². The number of piperidine rings is 1. The number of carbonyl (C=O) groups excluding carboxylic acids is 1. The lowest BCUT2D eigenvalue weighted by Crippen LogP contribution is -2.45. The van der Waals surface area contributed by atoms with Crippen molar-refractivity contribution in [2.75, 3.05) is 19.6 Å². The minimum Gasteiger partial charge on any atom is -0.343 e. The van der Waals surface area contributed by atoms with Crippen molar-refractivity contribution in [1.82, 2.24) is 10.2 Å². The smallest absolute Gasteiger partial charge is 0.222 e. The maximum absolute atomic E-state index is 11.5. The highest BCUT2D eigenvalue weighted by atomic mass is 16.2. The van der Waals surface area contributed by atoms with Crippen molar-refractivity contribution in [3.8, 4) is 0 Å². The highest BCUT2D eigenvalue weighted by Crippen LogP contribution is 2.11. The van der Waals surface area contributed by atoms with E-state index >= 15 is 0 Å². The van der Waals surface area contributed by atoms with Gasteiger partial charge in [-0.2, -0.15) is 0 Å². The lowest BCUT2D eigenvalue weighted by atomic mass is 10.0. The van der Waals surface area contributed by atoms with Gasteiger partial charge >= 0.3 is 0 Å². The summed E-state index contributed by atoms with van der Waals surface area (Å²) in [5.74, 6) is 1.08. The number of nitrogens with zero attached hydrogens (tertiary/aromatic N) is 1. The molecule has 0 bridgehead atoms. The van der Waals surface area contributed by atoms with Crippen molar-refractivity contribution in [3.63, 3.8) is 0 Å². The molecule has 0 atom stereocenters. The fraction of sp³-hybridized carbons (Fsp3) is 0.923. The largest absolute Gasteiger partial charge is 0.343 e. The molecule has 0 radical (unpaired) electrons. The first-order chi connectivity index (χ1) is 7.63. The van der Waals surface area contributed by atoms with E-state index in [1.165, 1.54) is 6.42 Å². The summed E-state index contributed by atoms with van der Waals surface area (Å²) in [6, 6.07) is 0.625. The topological polar surface area (TPSA) is 32.3 Å². The summed E-state index contributed by atoms with van der Waals surface area (Å²) in [6.45, 7) is 9.44. The Morgan fingerprint density at radius 1 is 1.38 bits per heavy atom. The Kier molecular flexibility index (Phi) is 5.81. The average Bonchev–Trinajstić information content (AvgIpc) is 2.28. The van der Waals surface area contributed by atoms with Crippen LogP contribution in [0.2, 0.25) is 0 Å². The molecule has 0 aromatic heterocycles. The molecule has 1 fully saturated rings. The van der Waals surface area contributed by atoms with E-state index in [0.29, 0.717) is 18.4 Å². The summed E-state index contributed by atoms with van der Waals surface area (Å²) in [5.41, 5.74) is 0. The van der Waals surface area contributed by atoms with Gasteiger partial charge in [0.25, 0.3) is 0 Å². The molecule has 3 nitrogen and oxygen atoms in total. The van der Waals surface area contributed by atoms with Gasteiger partial charge in [0.2, 0.25) is 5.91 Å². The molecule has 0 aromatic rings. The second kappa shape index (κ2) is 6.89. The Balaban J connectivity index is 2.14. The minimum atomic E-state index is 0.306. The van der Waals surface area contributed by atoms with E-state index in [1.54, 1.807) is 0 Å². The van der Waals surface area contributed by atoms with E-state index in [-0.39, 0.29) is 0 Å². The molecule has 0 saturated carbocycles. The van der Waals surface area contributed by atoms with Gasteiger partial charge in [-0.1, -0.05) is 20.8 Å². The highest BCUT2D eigenvalue weighted by molar-refractivity contribution is 5.75. The van der Waals surface area contributed by atoms with Crippen molar-refractivity contribution in [3.05, 3.63) is 0 Å². The second-order valence-corrected chi connectivity index (χ2v) is 5.15. The van der Waals surface area contributed by atoms with Gasteiger partial charge in [-0.25, -0.2) is 0 Å². The lowest BCUT2D eigenvalue weighted by Gasteiger charge is -2.32. The molecule has 3 heteroatoms. The summed E-state index contributed by atoms with van der Waals surface area (Å²) in [4.78, 5) is 13.5. The molecule has 1 N–H and O–H groups in total. The standard InChI is InChI=1S/C13H26N2O/c1-4-13(16)15-9-6-12(7-10-15)14-8-5-11(2)3/h11-12,14H,4-10H2,1-3H3. The third-order valence-corrected chi connectivity index (χ3v) is 3.30. The third kappa shape index (κ3) is 4.52. The van der Waals surface area contributed by atoms with E-state index < -0.39 is 0 Å². The Labute approximate surface area is 99.6 Å². The predicted octanol–water partition coefficient (Wildman–Crippen LogP) is 2.02. The number of likely N-dealkylation sites (tertiary alicyclic amines) is 1. The van der Waals surface area contributed by atoms with Crippen LogP contribution in [0.3, 0.4) is 0 Å². The third-order valence-electron chi connectivity index (χ3n) is 3.30. The SMILES string of the molecule is CCC(=O)N1CCC(NCCC(C)C)CC1. The molecule has 0 spiro atoms. The molecule has 1 amide bonds. The summed E-state index contributed by atoms with van der Waals surface area (Å²) in [5, 5.41) is 3.59. The molecule has 1 heterocycles. The molecule has 1 saturated heterocycles. The van der Waals surface area contributed by atoms with E-state index in [9.17, 15) is 4.79 Å². The van der Waals surface area contributed by atoms with Crippen LogP contribution in [0.15, 0.2) is 0 Å². The zero-order chi connectivity index (χ0) is 12.0. The van der Waals surface area contributed by atoms with Crippen LogP contribution in [-0.2, 0) is 4.79 Å². The first-order valence-corrected chi connectivity index (χ1v) is 6.64. The zero-order valence-electron chi connectivity index (χ0n) is 11.0. The summed E-state index contributed by atoms with van der Waals surface area (Å²) >= 11 is 0. The van der Waals surface area contributed by atoms with Crippen LogP contribution in [0, 0.1) is 5.92 Å². The fourth-order valence-electron chi connectivity index (χ4n) is 2.13. The molecule has 0 unspecified atom stereocenters. The van der Waals surface area contributed by atoms with Crippen LogP contribution >= 0.6 is 0 Å². The summed E-state index contributed by atoms with van der Waals surface area (Å²) < 4.78 is 0. The van der Waals surface area contributed by atoms with Crippen LogP contribution in [0.25, 0.3) is 0 Å². The Hall–Kier alpha value is -0.570. The van der Waals surface area contributed by atoms with Gasteiger partial charge in [0.05, 0.1) is 0 Å². The molecular formula is C13H26N2O. The molecule has 16 heavy (non-hydrogen) atoms. The van der Waals surface area contributed by atoms with E-state index in [1.807, 2.05) is 11.8 Å². The summed E-state index contributed by atoms with van der Waals surface area (Å²) in [6.07, 6.45) is 4.12. The molecular weight excluding hydrogens is 200 g/mol. The number of rotatable bonds is 5. The van der Waals surface area contributed by atoms with Crippen LogP contribution in [0.1, 0.15) is 46.5 Å². The normalized spacial score (nSPS) is 18.1.